The zero-order chi connectivity index (χ0) is 17.6. The Morgan fingerprint density at radius 1 is 1.12 bits per heavy atom. The van der Waals surface area contributed by atoms with Crippen molar-refractivity contribution in [3.8, 4) is 17.0 Å². The molecule has 0 aliphatic carbocycles. The van der Waals surface area contributed by atoms with Gasteiger partial charge in [-0.3, -0.25) is 10.1 Å². The molecule has 4 nitrogen and oxygen atoms in total. The molecule has 3 aromatic rings. The third kappa shape index (κ3) is 4.25. The van der Waals surface area contributed by atoms with Gasteiger partial charge >= 0.3 is 0 Å². The van der Waals surface area contributed by atoms with E-state index in [1.807, 2.05) is 74.5 Å². The van der Waals surface area contributed by atoms with Gasteiger partial charge in [-0.05, 0) is 25.5 Å². The molecule has 0 fully saturated rings. The molecular weight excluding hydrogens is 332 g/mol. The van der Waals surface area contributed by atoms with E-state index in [1.165, 1.54) is 11.3 Å². The van der Waals surface area contributed by atoms with E-state index < -0.39 is 6.10 Å². The van der Waals surface area contributed by atoms with Crippen molar-refractivity contribution in [2.75, 3.05) is 5.32 Å². The summed E-state index contributed by atoms with van der Waals surface area (Å²) < 4.78 is 5.78. The maximum absolute atomic E-state index is 12.5. The Morgan fingerprint density at radius 3 is 2.40 bits per heavy atom. The van der Waals surface area contributed by atoms with Crippen LogP contribution >= 0.6 is 11.3 Å². The minimum absolute atomic E-state index is 0.181. The number of aryl methyl sites for hydroxylation is 1. The van der Waals surface area contributed by atoms with E-state index in [2.05, 4.69) is 10.3 Å². The van der Waals surface area contributed by atoms with E-state index >= 15 is 0 Å². The molecule has 25 heavy (non-hydrogen) atoms. The number of nitrogens with zero attached hydrogens (tertiary/aromatic N) is 1. The zero-order valence-electron chi connectivity index (χ0n) is 14.2. The van der Waals surface area contributed by atoms with Gasteiger partial charge in [-0.15, -0.1) is 11.3 Å². The second-order valence-corrected chi connectivity index (χ2v) is 6.81. The van der Waals surface area contributed by atoms with Crippen LogP contribution in [-0.2, 0) is 4.79 Å². The maximum Gasteiger partial charge on any atom is 0.267 e. The molecule has 2 aromatic carbocycles. The van der Waals surface area contributed by atoms with Gasteiger partial charge < -0.3 is 4.74 Å². The first-order valence-corrected chi connectivity index (χ1v) is 9.04. The number of thiazole rings is 1. The Bertz CT molecular complexity index is 831. The quantitative estimate of drug-likeness (QED) is 0.685. The largest absolute Gasteiger partial charge is 0.481 e. The number of carbonyl (C=O) groups is 1. The summed E-state index contributed by atoms with van der Waals surface area (Å²) in [5.74, 6) is 0.504. The van der Waals surface area contributed by atoms with Gasteiger partial charge in [-0.25, -0.2) is 4.98 Å². The highest BCUT2D eigenvalue weighted by atomic mass is 32.1. The van der Waals surface area contributed by atoms with Gasteiger partial charge in [-0.1, -0.05) is 55.5 Å². The highest BCUT2D eigenvalue weighted by molar-refractivity contribution is 7.16. The monoisotopic (exact) mass is 352 g/mol. The molecule has 0 aliphatic rings. The van der Waals surface area contributed by atoms with Crippen LogP contribution in [0, 0.1) is 6.92 Å². The number of ether oxygens (including phenoxy) is 1. The SMILES string of the molecule is CCC(Oc1ccccc1)C(=O)Nc1nc(-c2ccccc2)c(C)s1. The topological polar surface area (TPSA) is 51.2 Å². The number of para-hydroxylation sites is 1. The molecule has 0 spiro atoms. The number of nitrogens with one attached hydrogen (secondary N) is 1. The van der Waals surface area contributed by atoms with Gasteiger partial charge in [0.25, 0.3) is 5.91 Å². The fourth-order valence-corrected chi connectivity index (χ4v) is 3.32. The molecule has 1 heterocycles. The molecule has 1 atom stereocenters. The number of hydrogen-bond acceptors (Lipinski definition) is 4. The van der Waals surface area contributed by atoms with Crippen LogP contribution in [0.5, 0.6) is 5.75 Å². The fourth-order valence-electron chi connectivity index (χ4n) is 2.49. The predicted octanol–water partition coefficient (Wildman–Crippen LogP) is 4.91. The van der Waals surface area contributed by atoms with Crippen molar-refractivity contribution in [3.05, 3.63) is 65.5 Å². The maximum atomic E-state index is 12.5. The molecule has 0 aliphatic heterocycles. The van der Waals surface area contributed by atoms with Gasteiger partial charge in [0.05, 0.1) is 5.69 Å². The molecule has 0 radical (unpaired) electrons. The van der Waals surface area contributed by atoms with Gasteiger partial charge in [0.2, 0.25) is 0 Å². The van der Waals surface area contributed by atoms with Crippen LogP contribution in [0.2, 0.25) is 0 Å². The summed E-state index contributed by atoms with van der Waals surface area (Å²) in [5, 5.41) is 3.48. The highest BCUT2D eigenvalue weighted by Crippen LogP contribution is 2.30. The van der Waals surface area contributed by atoms with Gasteiger partial charge in [0.15, 0.2) is 11.2 Å². The molecule has 1 unspecified atom stereocenters. The molecule has 0 bridgehead atoms. The number of carbonyl (C=O) groups excluding carboxylic acids is 1. The Labute approximate surface area is 151 Å². The van der Waals surface area contributed by atoms with E-state index in [0.717, 1.165) is 16.1 Å². The number of aromatic nitrogens is 1. The second kappa shape index (κ2) is 7.94. The predicted molar refractivity (Wildman–Crippen MR) is 102 cm³/mol. The van der Waals surface area contributed by atoms with Gasteiger partial charge in [-0.2, -0.15) is 0 Å². The lowest BCUT2D eigenvalue weighted by atomic mass is 10.1. The molecule has 128 valence electrons. The smallest absolute Gasteiger partial charge is 0.267 e. The number of amides is 1. The average molecular weight is 352 g/mol. The average Bonchev–Trinajstić information content (AvgIpc) is 3.01. The van der Waals surface area contributed by atoms with Crippen LogP contribution in [0.15, 0.2) is 60.7 Å². The molecule has 5 heteroatoms. The van der Waals surface area contributed by atoms with E-state index in [9.17, 15) is 4.79 Å². The van der Waals surface area contributed by atoms with E-state index in [1.54, 1.807) is 0 Å². The van der Waals surface area contributed by atoms with Crippen molar-refractivity contribution >= 4 is 22.4 Å². The Balaban J connectivity index is 1.72. The summed E-state index contributed by atoms with van der Waals surface area (Å²) in [6.45, 7) is 3.93. The first-order valence-electron chi connectivity index (χ1n) is 8.22. The third-order valence-corrected chi connectivity index (χ3v) is 4.64. The minimum Gasteiger partial charge on any atom is -0.481 e. The number of hydrogen-bond donors (Lipinski definition) is 1. The lowest BCUT2D eigenvalue weighted by molar-refractivity contribution is -0.122. The van der Waals surface area contributed by atoms with Gasteiger partial charge in [0, 0.05) is 10.4 Å². The van der Waals surface area contributed by atoms with Crippen LogP contribution in [-0.4, -0.2) is 17.0 Å². The van der Waals surface area contributed by atoms with E-state index in [0.29, 0.717) is 17.3 Å². The Kier molecular flexibility index (Phi) is 5.46. The van der Waals surface area contributed by atoms with E-state index in [-0.39, 0.29) is 5.91 Å². The molecular formula is C20H20N2O2S. The summed E-state index contributed by atoms with van der Waals surface area (Å²) in [6.07, 6.45) is 0.0307. The third-order valence-electron chi connectivity index (χ3n) is 3.76. The normalized spacial score (nSPS) is 11.8. The van der Waals surface area contributed by atoms with Crippen molar-refractivity contribution in [3.63, 3.8) is 0 Å². The van der Waals surface area contributed by atoms with Gasteiger partial charge in [0.1, 0.15) is 5.75 Å². The molecule has 3 rings (SSSR count). The number of anilines is 1. The van der Waals surface area contributed by atoms with Crippen molar-refractivity contribution < 1.29 is 9.53 Å². The van der Waals surface area contributed by atoms with Crippen molar-refractivity contribution in [2.24, 2.45) is 0 Å². The summed E-state index contributed by atoms with van der Waals surface area (Å²) in [7, 11) is 0. The summed E-state index contributed by atoms with van der Waals surface area (Å²) in [5.41, 5.74) is 1.95. The fraction of sp³-hybridized carbons (Fsp3) is 0.200. The zero-order valence-corrected chi connectivity index (χ0v) is 15.0. The molecule has 0 saturated carbocycles. The molecule has 0 saturated heterocycles. The standard InChI is InChI=1S/C20H20N2O2S/c1-3-17(24-16-12-8-5-9-13-16)19(23)22-20-21-18(14(2)25-20)15-10-6-4-7-11-15/h4-13,17H,3H2,1-2H3,(H,21,22,23). The van der Waals surface area contributed by atoms with Crippen LogP contribution in [0.4, 0.5) is 5.13 Å². The van der Waals surface area contributed by atoms with Crippen molar-refractivity contribution in [2.45, 2.75) is 26.4 Å². The highest BCUT2D eigenvalue weighted by Gasteiger charge is 2.20. The molecule has 1 N–H and O–H groups in total. The molecule has 1 amide bonds. The summed E-state index contributed by atoms with van der Waals surface area (Å²) in [6, 6.07) is 19.3. The minimum atomic E-state index is -0.549. The Hall–Kier alpha value is -2.66. The number of benzene rings is 2. The Morgan fingerprint density at radius 2 is 1.76 bits per heavy atom. The van der Waals surface area contributed by atoms with Crippen LogP contribution < -0.4 is 10.1 Å². The lowest BCUT2D eigenvalue weighted by Crippen LogP contribution is -2.32. The summed E-state index contributed by atoms with van der Waals surface area (Å²) >= 11 is 1.47. The van der Waals surface area contributed by atoms with Crippen LogP contribution in [0.1, 0.15) is 18.2 Å². The first kappa shape index (κ1) is 17.2. The van der Waals surface area contributed by atoms with Crippen LogP contribution in [0.25, 0.3) is 11.3 Å². The van der Waals surface area contributed by atoms with E-state index in [4.69, 9.17) is 4.74 Å². The molecule has 1 aromatic heterocycles. The van der Waals surface area contributed by atoms with Crippen molar-refractivity contribution in [1.29, 1.82) is 0 Å². The number of rotatable bonds is 6. The van der Waals surface area contributed by atoms with Crippen molar-refractivity contribution in [1.82, 2.24) is 4.98 Å². The first-order chi connectivity index (χ1) is 12.2. The van der Waals surface area contributed by atoms with Crippen LogP contribution in [0.3, 0.4) is 0 Å². The lowest BCUT2D eigenvalue weighted by Gasteiger charge is -2.16. The summed E-state index contributed by atoms with van der Waals surface area (Å²) in [4.78, 5) is 18.2. The second-order valence-electron chi connectivity index (χ2n) is 5.61.